The van der Waals surface area contributed by atoms with Gasteiger partial charge in [-0.2, -0.15) is 0 Å². The van der Waals surface area contributed by atoms with Crippen molar-refractivity contribution >= 4 is 61.6 Å². The second kappa shape index (κ2) is 7.31. The highest BCUT2D eigenvalue weighted by molar-refractivity contribution is 8.00. The Morgan fingerprint density at radius 3 is 2.69 bits per heavy atom. The maximum Gasteiger partial charge on any atom is 0.316 e. The molecular formula is C22H19N3O2S2. The maximum atomic E-state index is 11.2. The van der Waals surface area contributed by atoms with Gasteiger partial charge < -0.3 is 10.4 Å². The molecule has 2 heterocycles. The molecule has 2 N–H and O–H groups in total. The topological polar surface area (TPSA) is 75.1 Å². The van der Waals surface area contributed by atoms with E-state index in [1.807, 2.05) is 11.4 Å². The summed E-state index contributed by atoms with van der Waals surface area (Å²) in [5.41, 5.74) is 2.42. The maximum absolute atomic E-state index is 11.2. The monoisotopic (exact) mass is 421 g/mol. The van der Waals surface area contributed by atoms with Crippen LogP contribution in [-0.4, -0.2) is 26.3 Å². The Balaban J connectivity index is 1.57. The van der Waals surface area contributed by atoms with Crippen molar-refractivity contribution in [1.29, 1.82) is 0 Å². The molecule has 0 saturated heterocycles. The number of thioether (sulfide) groups is 1. The number of anilines is 2. The predicted molar refractivity (Wildman–Crippen MR) is 120 cm³/mol. The van der Waals surface area contributed by atoms with Gasteiger partial charge in [-0.1, -0.05) is 42.1 Å². The van der Waals surface area contributed by atoms with Gasteiger partial charge in [-0.15, -0.1) is 11.3 Å². The minimum absolute atomic E-state index is 0.469. The third kappa shape index (κ3) is 3.56. The molecule has 29 heavy (non-hydrogen) atoms. The number of aliphatic carboxylic acids is 1. The highest BCUT2D eigenvalue weighted by Crippen LogP contribution is 2.44. The van der Waals surface area contributed by atoms with Crippen molar-refractivity contribution in [3.63, 3.8) is 0 Å². The molecular weight excluding hydrogens is 402 g/mol. The van der Waals surface area contributed by atoms with Crippen LogP contribution in [0.15, 0.2) is 53.0 Å². The molecule has 0 spiro atoms. The summed E-state index contributed by atoms with van der Waals surface area (Å²) >= 11 is 2.69. The second-order valence-electron chi connectivity index (χ2n) is 7.24. The fourth-order valence-electron chi connectivity index (χ4n) is 3.50. The Bertz CT molecular complexity index is 1230. The second-order valence-corrected chi connectivity index (χ2v) is 9.44. The van der Waals surface area contributed by atoms with E-state index in [2.05, 4.69) is 51.7 Å². The largest absolute Gasteiger partial charge is 0.480 e. The summed E-state index contributed by atoms with van der Waals surface area (Å²) in [5, 5.41) is 18.0. The number of carboxylic acids is 1. The number of hydrogen-bond acceptors (Lipinski definition) is 6. The molecule has 0 aliphatic heterocycles. The number of hydrogen-bond donors (Lipinski definition) is 2. The minimum atomic E-state index is -0.874. The van der Waals surface area contributed by atoms with Crippen molar-refractivity contribution in [2.45, 2.75) is 36.1 Å². The van der Waals surface area contributed by atoms with Gasteiger partial charge in [-0.3, -0.25) is 4.79 Å². The molecule has 1 unspecified atom stereocenters. The van der Waals surface area contributed by atoms with E-state index in [-0.39, 0.29) is 0 Å². The molecule has 0 amide bonds. The van der Waals surface area contributed by atoms with Crippen LogP contribution in [0.2, 0.25) is 0 Å². The first-order valence-corrected chi connectivity index (χ1v) is 11.3. The molecule has 2 aromatic carbocycles. The number of fused-ring (bicyclic) bond motifs is 2. The van der Waals surface area contributed by atoms with Gasteiger partial charge >= 0.3 is 5.97 Å². The van der Waals surface area contributed by atoms with Crippen LogP contribution in [0.25, 0.3) is 21.0 Å². The first kappa shape index (κ1) is 18.4. The van der Waals surface area contributed by atoms with Crippen molar-refractivity contribution in [1.82, 2.24) is 9.97 Å². The Labute approximate surface area is 176 Å². The first-order valence-electron chi connectivity index (χ1n) is 9.53. The predicted octanol–water partition coefficient (Wildman–Crippen LogP) is 6.03. The van der Waals surface area contributed by atoms with Gasteiger partial charge in [0.1, 0.15) is 15.9 Å². The van der Waals surface area contributed by atoms with Crippen molar-refractivity contribution in [2.75, 3.05) is 5.32 Å². The van der Waals surface area contributed by atoms with E-state index in [0.29, 0.717) is 16.9 Å². The van der Waals surface area contributed by atoms with Crippen molar-refractivity contribution in [2.24, 2.45) is 0 Å². The summed E-state index contributed by atoms with van der Waals surface area (Å²) < 4.78 is 0. The number of nitrogens with one attached hydrogen (secondary N) is 1. The lowest BCUT2D eigenvalue weighted by Crippen LogP contribution is -2.12. The number of aromatic nitrogens is 2. The van der Waals surface area contributed by atoms with Crippen LogP contribution in [0.5, 0.6) is 0 Å². The fourth-order valence-corrected chi connectivity index (χ4v) is 5.03. The minimum Gasteiger partial charge on any atom is -0.480 e. The lowest BCUT2D eigenvalue weighted by atomic mass is 9.99. The van der Waals surface area contributed by atoms with Gasteiger partial charge in [0, 0.05) is 11.1 Å². The smallest absolute Gasteiger partial charge is 0.316 e. The molecule has 5 rings (SSSR count). The molecule has 0 radical (unpaired) electrons. The summed E-state index contributed by atoms with van der Waals surface area (Å²) in [6.07, 6.45) is 2.53. The number of benzene rings is 2. The van der Waals surface area contributed by atoms with Crippen LogP contribution in [0.3, 0.4) is 0 Å². The van der Waals surface area contributed by atoms with Gasteiger partial charge in [-0.25, -0.2) is 9.97 Å². The van der Waals surface area contributed by atoms with Crippen LogP contribution in [-0.2, 0) is 4.79 Å². The van der Waals surface area contributed by atoms with Gasteiger partial charge in [-0.05, 0) is 54.1 Å². The normalized spacial score (nSPS) is 14.9. The molecule has 1 aliphatic carbocycles. The number of carboxylic acid groups (broad SMARTS) is 1. The summed E-state index contributed by atoms with van der Waals surface area (Å²) in [5.74, 6) is 0.513. The number of rotatable bonds is 6. The van der Waals surface area contributed by atoms with Crippen LogP contribution in [0.4, 0.5) is 11.5 Å². The van der Waals surface area contributed by atoms with Crippen molar-refractivity contribution in [3.05, 3.63) is 53.4 Å². The highest BCUT2D eigenvalue weighted by Gasteiger charge is 2.25. The van der Waals surface area contributed by atoms with Crippen LogP contribution in [0.1, 0.15) is 31.2 Å². The number of nitrogens with zero attached hydrogens (tertiary/aromatic N) is 2. The molecule has 1 aliphatic rings. The van der Waals surface area contributed by atoms with Crippen LogP contribution < -0.4 is 5.32 Å². The molecule has 0 bridgehead atoms. The molecule has 2 aromatic heterocycles. The summed E-state index contributed by atoms with van der Waals surface area (Å²) in [6.45, 7) is 1.65. The van der Waals surface area contributed by atoms with Gasteiger partial charge in [0.15, 0.2) is 5.16 Å². The Kier molecular flexibility index (Phi) is 4.64. The van der Waals surface area contributed by atoms with E-state index in [1.165, 1.54) is 40.5 Å². The lowest BCUT2D eigenvalue weighted by molar-refractivity contribution is -0.136. The number of carbonyl (C=O) groups is 1. The Morgan fingerprint density at radius 1 is 1.14 bits per heavy atom. The van der Waals surface area contributed by atoms with Gasteiger partial charge in [0.2, 0.25) is 0 Å². The molecule has 4 aromatic rings. The zero-order valence-corrected chi connectivity index (χ0v) is 17.4. The van der Waals surface area contributed by atoms with E-state index >= 15 is 0 Å². The van der Waals surface area contributed by atoms with Crippen LogP contribution >= 0.6 is 23.1 Å². The average Bonchev–Trinajstić information content (AvgIpc) is 3.45. The zero-order chi connectivity index (χ0) is 20.0. The Morgan fingerprint density at radius 2 is 1.93 bits per heavy atom. The van der Waals surface area contributed by atoms with Gasteiger partial charge in [0.25, 0.3) is 0 Å². The third-order valence-corrected chi connectivity index (χ3v) is 6.92. The highest BCUT2D eigenvalue weighted by atomic mass is 32.2. The third-order valence-electron chi connectivity index (χ3n) is 5.16. The zero-order valence-electron chi connectivity index (χ0n) is 15.8. The van der Waals surface area contributed by atoms with E-state index in [4.69, 9.17) is 0 Å². The van der Waals surface area contributed by atoms with E-state index < -0.39 is 11.2 Å². The van der Waals surface area contributed by atoms with E-state index in [0.717, 1.165) is 27.7 Å². The molecule has 146 valence electrons. The Hall–Kier alpha value is -2.64. The summed E-state index contributed by atoms with van der Waals surface area (Å²) in [4.78, 5) is 21.3. The van der Waals surface area contributed by atoms with Crippen molar-refractivity contribution in [3.8, 4) is 0 Å². The summed E-state index contributed by atoms with van der Waals surface area (Å²) in [6, 6.07) is 14.8. The summed E-state index contributed by atoms with van der Waals surface area (Å²) in [7, 11) is 0. The average molecular weight is 422 g/mol. The van der Waals surface area contributed by atoms with E-state index in [9.17, 15) is 9.90 Å². The lowest BCUT2D eigenvalue weighted by Gasteiger charge is -2.14. The number of thiophene rings is 1. The SMILES string of the molecule is CC(Sc1nc(Nc2ccc(C3CC3)c3ccccc23)c2ccsc2n1)C(=O)O. The van der Waals surface area contributed by atoms with E-state index in [1.54, 1.807) is 6.92 Å². The van der Waals surface area contributed by atoms with Crippen molar-refractivity contribution < 1.29 is 9.90 Å². The molecule has 1 fully saturated rings. The molecule has 1 atom stereocenters. The first-order chi connectivity index (χ1) is 14.1. The van der Waals surface area contributed by atoms with Crippen LogP contribution in [0, 0.1) is 0 Å². The van der Waals surface area contributed by atoms with Gasteiger partial charge in [0.05, 0.1) is 5.39 Å². The molecule has 7 heteroatoms. The quantitative estimate of drug-likeness (QED) is 0.292. The molecule has 5 nitrogen and oxygen atoms in total. The molecule has 1 saturated carbocycles. The fraction of sp³-hybridized carbons (Fsp3) is 0.227. The standard InChI is InChI=1S/C22H19N3O2S2/c1-12(21(26)27)29-22-24-19(17-10-11-28-20(17)25-22)23-18-9-8-14(13-6-7-13)15-4-2-3-5-16(15)18/h2-5,8-13H,6-7H2,1H3,(H,26,27)(H,23,24,25).